The molecule has 1 heterocycles. The molecule has 0 unspecified atom stereocenters. The summed E-state index contributed by atoms with van der Waals surface area (Å²) < 4.78 is 1.68. The molecule has 1 aliphatic carbocycles. The molecule has 0 radical (unpaired) electrons. The maximum atomic E-state index is 13.4. The zero-order valence-corrected chi connectivity index (χ0v) is 17.7. The van der Waals surface area contributed by atoms with Crippen LogP contribution in [-0.4, -0.2) is 20.6 Å². The summed E-state index contributed by atoms with van der Waals surface area (Å²) in [5.41, 5.74) is 2.65. The third-order valence-corrected chi connectivity index (χ3v) is 7.09. The highest BCUT2D eigenvalue weighted by atomic mass is 32.2. The number of hydrogen-bond acceptors (Lipinski definition) is 4. The van der Waals surface area contributed by atoms with E-state index in [0.717, 1.165) is 31.4 Å². The fraction of sp³-hybridized carbons (Fsp3) is 0.375. The third-order valence-electron chi connectivity index (χ3n) is 5.82. The zero-order valence-electron chi connectivity index (χ0n) is 16.9. The quantitative estimate of drug-likeness (QED) is 0.525. The Morgan fingerprint density at radius 3 is 2.59 bits per heavy atom. The van der Waals surface area contributed by atoms with Crippen LogP contribution < -0.4 is 5.56 Å². The van der Waals surface area contributed by atoms with Crippen molar-refractivity contribution in [3.8, 4) is 5.69 Å². The van der Waals surface area contributed by atoms with E-state index < -0.39 is 0 Å². The molecule has 2 atom stereocenters. The highest BCUT2D eigenvalue weighted by molar-refractivity contribution is 8.00. The normalized spacial score (nSPS) is 18.1. The van der Waals surface area contributed by atoms with E-state index in [2.05, 4.69) is 26.0 Å². The van der Waals surface area contributed by atoms with Gasteiger partial charge in [0, 0.05) is 6.42 Å². The molecule has 150 valence electrons. The second-order valence-corrected chi connectivity index (χ2v) is 8.94. The van der Waals surface area contributed by atoms with Gasteiger partial charge in [0.2, 0.25) is 0 Å². The molecule has 0 saturated heterocycles. The number of nitrogens with zero attached hydrogens (tertiary/aromatic N) is 2. The second-order valence-electron chi connectivity index (χ2n) is 7.77. The van der Waals surface area contributed by atoms with Crippen molar-refractivity contribution in [2.24, 2.45) is 0 Å². The van der Waals surface area contributed by atoms with Crippen molar-refractivity contribution in [2.45, 2.75) is 62.3 Å². The lowest BCUT2D eigenvalue weighted by atomic mass is 9.98. The topological polar surface area (TPSA) is 52.0 Å². The minimum absolute atomic E-state index is 0.0855. The first-order chi connectivity index (χ1) is 14.1. The number of para-hydroxylation sites is 1. The maximum absolute atomic E-state index is 13.4. The van der Waals surface area contributed by atoms with E-state index in [-0.39, 0.29) is 16.6 Å². The Bertz CT molecular complexity index is 1090. The van der Waals surface area contributed by atoms with Crippen LogP contribution in [0.1, 0.15) is 57.4 Å². The molecular formula is C24H26N2O2S. The number of carbonyl (C=O) groups is 1. The van der Waals surface area contributed by atoms with E-state index in [1.165, 1.54) is 17.3 Å². The predicted octanol–water partition coefficient (Wildman–Crippen LogP) is 5.50. The van der Waals surface area contributed by atoms with Gasteiger partial charge in [-0.15, -0.1) is 0 Å². The molecule has 1 fully saturated rings. The summed E-state index contributed by atoms with van der Waals surface area (Å²) in [4.78, 5) is 30.6. The van der Waals surface area contributed by atoms with Crippen molar-refractivity contribution < 1.29 is 4.79 Å². The molecule has 1 saturated carbocycles. The van der Waals surface area contributed by atoms with Gasteiger partial charge in [-0.25, -0.2) is 4.98 Å². The van der Waals surface area contributed by atoms with Gasteiger partial charge in [-0.2, -0.15) is 0 Å². The van der Waals surface area contributed by atoms with Gasteiger partial charge in [0.1, 0.15) is 5.78 Å². The van der Waals surface area contributed by atoms with Crippen molar-refractivity contribution in [1.82, 2.24) is 9.55 Å². The number of rotatable bonds is 5. The standard InChI is InChI=1S/C24H26N2O2S/c1-3-16(2)17-12-14-18(15-13-17)26-23(28)19-8-4-5-9-20(19)25-24(26)29-22-11-7-6-10-21(22)27/h4-5,8-9,12-16,22H,3,6-7,10-11H2,1-2H3/t16-,22-/m1/s1. The molecule has 1 aliphatic rings. The van der Waals surface area contributed by atoms with Gasteiger partial charge in [-0.1, -0.05) is 56.3 Å². The van der Waals surface area contributed by atoms with Crippen LogP contribution in [0.4, 0.5) is 0 Å². The highest BCUT2D eigenvalue weighted by Crippen LogP contribution is 2.32. The summed E-state index contributed by atoms with van der Waals surface area (Å²) in [6, 6.07) is 15.6. The van der Waals surface area contributed by atoms with E-state index in [4.69, 9.17) is 4.98 Å². The van der Waals surface area contributed by atoms with E-state index in [9.17, 15) is 9.59 Å². The first kappa shape index (κ1) is 19.9. The number of fused-ring (bicyclic) bond motifs is 1. The Balaban J connectivity index is 1.83. The van der Waals surface area contributed by atoms with Crippen LogP contribution in [0.2, 0.25) is 0 Å². The SMILES string of the molecule is CC[C@@H](C)c1ccc(-n2c(S[C@@H]3CCCCC3=O)nc3ccccc3c2=O)cc1. The van der Waals surface area contributed by atoms with Crippen LogP contribution in [0.3, 0.4) is 0 Å². The molecule has 29 heavy (non-hydrogen) atoms. The number of hydrogen-bond donors (Lipinski definition) is 0. The lowest BCUT2D eigenvalue weighted by Crippen LogP contribution is -2.26. The first-order valence-electron chi connectivity index (χ1n) is 10.4. The molecule has 4 rings (SSSR count). The van der Waals surface area contributed by atoms with Gasteiger partial charge in [-0.3, -0.25) is 14.2 Å². The molecule has 0 aliphatic heterocycles. The molecule has 2 aromatic carbocycles. The lowest BCUT2D eigenvalue weighted by Gasteiger charge is -2.21. The highest BCUT2D eigenvalue weighted by Gasteiger charge is 2.26. The Labute approximate surface area is 175 Å². The summed E-state index contributed by atoms with van der Waals surface area (Å²) in [6.07, 6.45) is 4.55. The predicted molar refractivity (Wildman–Crippen MR) is 119 cm³/mol. The molecule has 3 aromatic rings. The number of carbonyl (C=O) groups excluding carboxylic acids is 1. The van der Waals surface area contributed by atoms with Gasteiger partial charge in [0.15, 0.2) is 5.16 Å². The van der Waals surface area contributed by atoms with Crippen molar-refractivity contribution in [1.29, 1.82) is 0 Å². The van der Waals surface area contributed by atoms with Crippen molar-refractivity contribution in [3.63, 3.8) is 0 Å². The number of Topliss-reactive ketones (excluding diaryl/α,β-unsaturated/α-hetero) is 1. The molecule has 0 spiro atoms. The Morgan fingerprint density at radius 2 is 1.86 bits per heavy atom. The smallest absolute Gasteiger partial charge is 0.266 e. The molecule has 0 amide bonds. The molecule has 0 bridgehead atoms. The first-order valence-corrected chi connectivity index (χ1v) is 11.3. The largest absolute Gasteiger partial charge is 0.298 e. The summed E-state index contributed by atoms with van der Waals surface area (Å²) in [5, 5.41) is 1.07. The van der Waals surface area contributed by atoms with E-state index >= 15 is 0 Å². The monoisotopic (exact) mass is 406 g/mol. The minimum Gasteiger partial charge on any atom is -0.298 e. The number of aromatic nitrogens is 2. The fourth-order valence-corrected chi connectivity index (χ4v) is 5.04. The van der Waals surface area contributed by atoms with Gasteiger partial charge in [0.25, 0.3) is 5.56 Å². The summed E-state index contributed by atoms with van der Waals surface area (Å²) >= 11 is 1.44. The number of ketones is 1. The van der Waals surface area contributed by atoms with Crippen molar-refractivity contribution in [2.75, 3.05) is 0 Å². The average molecular weight is 407 g/mol. The van der Waals surface area contributed by atoms with Crippen LogP contribution in [0.25, 0.3) is 16.6 Å². The van der Waals surface area contributed by atoms with Crippen molar-refractivity contribution in [3.05, 3.63) is 64.4 Å². The van der Waals surface area contributed by atoms with Gasteiger partial charge >= 0.3 is 0 Å². The van der Waals surface area contributed by atoms with Crippen LogP contribution >= 0.6 is 11.8 Å². The van der Waals surface area contributed by atoms with Crippen LogP contribution in [-0.2, 0) is 4.79 Å². The minimum atomic E-state index is -0.123. The summed E-state index contributed by atoms with van der Waals surface area (Å²) in [5.74, 6) is 0.742. The second kappa shape index (κ2) is 8.54. The van der Waals surface area contributed by atoms with E-state index in [1.807, 2.05) is 36.4 Å². The number of thioether (sulfide) groups is 1. The average Bonchev–Trinajstić information content (AvgIpc) is 2.75. The Hall–Kier alpha value is -2.40. The van der Waals surface area contributed by atoms with Crippen LogP contribution in [0.15, 0.2) is 58.5 Å². The van der Waals surface area contributed by atoms with Gasteiger partial charge in [0.05, 0.1) is 21.8 Å². The van der Waals surface area contributed by atoms with Gasteiger partial charge in [-0.05, 0) is 55.0 Å². The third kappa shape index (κ3) is 4.01. The summed E-state index contributed by atoms with van der Waals surface area (Å²) in [6.45, 7) is 4.38. The molecule has 1 aromatic heterocycles. The number of benzene rings is 2. The maximum Gasteiger partial charge on any atom is 0.266 e. The van der Waals surface area contributed by atoms with Gasteiger partial charge < -0.3 is 0 Å². The van der Waals surface area contributed by atoms with Crippen molar-refractivity contribution >= 4 is 28.4 Å². The molecule has 5 heteroatoms. The Morgan fingerprint density at radius 1 is 1.10 bits per heavy atom. The zero-order chi connectivity index (χ0) is 20.4. The summed E-state index contributed by atoms with van der Waals surface area (Å²) in [7, 11) is 0. The Kier molecular flexibility index (Phi) is 5.86. The lowest BCUT2D eigenvalue weighted by molar-refractivity contribution is -0.119. The molecule has 4 nitrogen and oxygen atoms in total. The molecule has 0 N–H and O–H groups in total. The van der Waals surface area contributed by atoms with Crippen LogP contribution in [0, 0.1) is 0 Å². The van der Waals surface area contributed by atoms with Crippen LogP contribution in [0.5, 0.6) is 0 Å². The van der Waals surface area contributed by atoms with E-state index in [1.54, 1.807) is 4.57 Å². The van der Waals surface area contributed by atoms with E-state index in [0.29, 0.717) is 28.4 Å². The fourth-order valence-electron chi connectivity index (χ4n) is 3.81. The molecular weight excluding hydrogens is 380 g/mol.